The Balaban J connectivity index is 2.34. The SMILES string of the molecule is CCc1cccc(NC(=O)c2ccc(Cl)c(S(=O)(=O)N(C)C)c2)c1. The molecule has 0 bridgehead atoms. The van der Waals surface area contributed by atoms with Crippen LogP contribution >= 0.6 is 11.6 Å². The standard InChI is InChI=1S/C17H19ClN2O3S/c1-4-12-6-5-7-14(10-12)19-17(21)13-8-9-15(18)16(11-13)24(22,23)20(2)3/h5-11H,4H2,1-3H3,(H,19,21). The fourth-order valence-corrected chi connectivity index (χ4v) is 3.51. The molecule has 24 heavy (non-hydrogen) atoms. The van der Waals surface area contributed by atoms with E-state index in [1.54, 1.807) is 6.07 Å². The van der Waals surface area contributed by atoms with Crippen molar-refractivity contribution in [1.82, 2.24) is 4.31 Å². The first kappa shape index (κ1) is 18.4. The van der Waals surface area contributed by atoms with E-state index in [1.165, 1.54) is 32.3 Å². The first-order valence-electron chi connectivity index (χ1n) is 7.38. The normalized spacial score (nSPS) is 11.5. The fourth-order valence-electron chi connectivity index (χ4n) is 2.11. The van der Waals surface area contributed by atoms with Crippen LogP contribution in [0, 0.1) is 0 Å². The number of amides is 1. The molecular formula is C17H19ClN2O3S. The van der Waals surface area contributed by atoms with Gasteiger partial charge in [-0.1, -0.05) is 30.7 Å². The second-order valence-corrected chi connectivity index (χ2v) is 7.97. The van der Waals surface area contributed by atoms with Gasteiger partial charge in [0, 0.05) is 25.3 Å². The largest absolute Gasteiger partial charge is 0.322 e. The van der Waals surface area contributed by atoms with Crippen LogP contribution in [0.3, 0.4) is 0 Å². The van der Waals surface area contributed by atoms with Crippen molar-refractivity contribution >= 4 is 33.2 Å². The van der Waals surface area contributed by atoms with Crippen LogP contribution in [0.5, 0.6) is 0 Å². The zero-order valence-corrected chi connectivity index (χ0v) is 15.3. The zero-order valence-electron chi connectivity index (χ0n) is 13.7. The topological polar surface area (TPSA) is 66.5 Å². The summed E-state index contributed by atoms with van der Waals surface area (Å²) in [5.74, 6) is -0.393. The van der Waals surface area contributed by atoms with Crippen molar-refractivity contribution in [3.63, 3.8) is 0 Å². The van der Waals surface area contributed by atoms with E-state index in [4.69, 9.17) is 11.6 Å². The van der Waals surface area contributed by atoms with Gasteiger partial charge in [0.05, 0.1) is 5.02 Å². The highest BCUT2D eigenvalue weighted by atomic mass is 35.5. The van der Waals surface area contributed by atoms with Crippen LogP contribution in [-0.2, 0) is 16.4 Å². The molecule has 2 aromatic carbocycles. The van der Waals surface area contributed by atoms with Crippen LogP contribution in [0.2, 0.25) is 5.02 Å². The Morgan fingerprint density at radius 2 is 1.88 bits per heavy atom. The van der Waals surface area contributed by atoms with Crippen molar-refractivity contribution in [2.75, 3.05) is 19.4 Å². The third kappa shape index (κ3) is 3.95. The van der Waals surface area contributed by atoms with Gasteiger partial charge in [0.1, 0.15) is 4.90 Å². The lowest BCUT2D eigenvalue weighted by Crippen LogP contribution is -2.23. The van der Waals surface area contributed by atoms with Gasteiger partial charge < -0.3 is 5.32 Å². The number of hydrogen-bond donors (Lipinski definition) is 1. The minimum absolute atomic E-state index is 0.0771. The molecule has 1 N–H and O–H groups in total. The molecular weight excluding hydrogens is 348 g/mol. The quantitative estimate of drug-likeness (QED) is 0.881. The minimum Gasteiger partial charge on any atom is -0.322 e. The molecule has 0 aromatic heterocycles. The highest BCUT2D eigenvalue weighted by molar-refractivity contribution is 7.89. The summed E-state index contributed by atoms with van der Waals surface area (Å²) in [6.45, 7) is 2.03. The number of sulfonamides is 1. The maximum Gasteiger partial charge on any atom is 0.255 e. The van der Waals surface area contributed by atoms with Gasteiger partial charge in [-0.15, -0.1) is 0 Å². The van der Waals surface area contributed by atoms with Crippen molar-refractivity contribution in [1.29, 1.82) is 0 Å². The highest BCUT2D eigenvalue weighted by Crippen LogP contribution is 2.25. The molecule has 5 nitrogen and oxygen atoms in total. The predicted molar refractivity (Wildman–Crippen MR) is 96.1 cm³/mol. The predicted octanol–water partition coefficient (Wildman–Crippen LogP) is 3.41. The van der Waals surface area contributed by atoms with E-state index in [2.05, 4.69) is 5.32 Å². The van der Waals surface area contributed by atoms with Gasteiger partial charge in [0.15, 0.2) is 0 Å². The molecule has 0 spiro atoms. The average molecular weight is 367 g/mol. The Hall–Kier alpha value is -1.89. The molecule has 2 aromatic rings. The molecule has 0 aliphatic heterocycles. The Labute approximate surface area is 147 Å². The van der Waals surface area contributed by atoms with Crippen LogP contribution in [-0.4, -0.2) is 32.7 Å². The molecule has 0 unspecified atom stereocenters. The third-order valence-corrected chi connectivity index (χ3v) is 5.84. The summed E-state index contributed by atoms with van der Waals surface area (Å²) >= 11 is 5.99. The number of anilines is 1. The molecule has 7 heteroatoms. The van der Waals surface area contributed by atoms with Crippen LogP contribution in [0.15, 0.2) is 47.4 Å². The van der Waals surface area contributed by atoms with Gasteiger partial charge in [-0.3, -0.25) is 4.79 Å². The number of benzene rings is 2. The van der Waals surface area contributed by atoms with Crippen molar-refractivity contribution < 1.29 is 13.2 Å². The Morgan fingerprint density at radius 3 is 2.50 bits per heavy atom. The molecule has 0 saturated heterocycles. The van der Waals surface area contributed by atoms with Crippen LogP contribution in [0.1, 0.15) is 22.8 Å². The zero-order chi connectivity index (χ0) is 17.9. The number of halogens is 1. The van der Waals surface area contributed by atoms with Crippen LogP contribution < -0.4 is 5.32 Å². The smallest absolute Gasteiger partial charge is 0.255 e. The lowest BCUT2D eigenvalue weighted by molar-refractivity contribution is 0.102. The van der Waals surface area contributed by atoms with Crippen molar-refractivity contribution in [3.8, 4) is 0 Å². The maximum absolute atomic E-state index is 12.4. The van der Waals surface area contributed by atoms with Crippen LogP contribution in [0.25, 0.3) is 0 Å². The van der Waals surface area contributed by atoms with Crippen LogP contribution in [0.4, 0.5) is 5.69 Å². The lowest BCUT2D eigenvalue weighted by Gasteiger charge is -2.14. The summed E-state index contributed by atoms with van der Waals surface area (Å²) in [5.41, 5.74) is 1.98. The summed E-state index contributed by atoms with van der Waals surface area (Å²) in [5, 5.41) is 2.85. The number of nitrogens with zero attached hydrogens (tertiary/aromatic N) is 1. The van der Waals surface area contributed by atoms with Gasteiger partial charge in [0.25, 0.3) is 5.91 Å². The molecule has 1 amide bonds. The molecule has 2 rings (SSSR count). The summed E-state index contributed by atoms with van der Waals surface area (Å²) in [6, 6.07) is 11.7. The number of nitrogens with one attached hydrogen (secondary N) is 1. The van der Waals surface area contributed by atoms with E-state index in [0.29, 0.717) is 5.69 Å². The van der Waals surface area contributed by atoms with E-state index in [1.807, 2.05) is 25.1 Å². The summed E-state index contributed by atoms with van der Waals surface area (Å²) in [4.78, 5) is 12.3. The first-order valence-corrected chi connectivity index (χ1v) is 9.20. The van der Waals surface area contributed by atoms with Gasteiger partial charge >= 0.3 is 0 Å². The van der Waals surface area contributed by atoms with Crippen molar-refractivity contribution in [2.24, 2.45) is 0 Å². The maximum atomic E-state index is 12.4. The molecule has 0 heterocycles. The van der Waals surface area contributed by atoms with E-state index in [9.17, 15) is 13.2 Å². The Morgan fingerprint density at radius 1 is 1.17 bits per heavy atom. The van der Waals surface area contributed by atoms with Gasteiger partial charge in [-0.25, -0.2) is 12.7 Å². The van der Waals surface area contributed by atoms with E-state index in [-0.39, 0.29) is 15.5 Å². The second-order valence-electron chi connectivity index (χ2n) is 5.44. The average Bonchev–Trinajstić information content (AvgIpc) is 2.55. The molecule has 0 aliphatic carbocycles. The first-order chi connectivity index (χ1) is 11.3. The summed E-state index contributed by atoms with van der Waals surface area (Å²) in [7, 11) is -0.903. The molecule has 0 atom stereocenters. The number of carbonyl (C=O) groups is 1. The van der Waals surface area contributed by atoms with Gasteiger partial charge in [-0.2, -0.15) is 0 Å². The highest BCUT2D eigenvalue weighted by Gasteiger charge is 2.22. The molecule has 0 radical (unpaired) electrons. The van der Waals surface area contributed by atoms with Crippen molar-refractivity contribution in [2.45, 2.75) is 18.2 Å². The number of carbonyl (C=O) groups excluding carboxylic acids is 1. The summed E-state index contributed by atoms with van der Waals surface area (Å²) < 4.78 is 25.6. The van der Waals surface area contributed by atoms with Gasteiger partial charge in [0.2, 0.25) is 10.0 Å². The van der Waals surface area contributed by atoms with E-state index >= 15 is 0 Å². The third-order valence-electron chi connectivity index (χ3n) is 3.55. The minimum atomic E-state index is -3.73. The molecule has 128 valence electrons. The molecule has 0 saturated carbocycles. The lowest BCUT2D eigenvalue weighted by atomic mass is 10.1. The van der Waals surface area contributed by atoms with Crippen molar-refractivity contribution in [3.05, 3.63) is 58.6 Å². The molecule has 0 aliphatic rings. The van der Waals surface area contributed by atoms with Gasteiger partial charge in [-0.05, 0) is 42.3 Å². The van der Waals surface area contributed by atoms with E-state index < -0.39 is 15.9 Å². The monoisotopic (exact) mass is 366 g/mol. The Kier molecular flexibility index (Phi) is 5.64. The number of hydrogen-bond acceptors (Lipinski definition) is 3. The second kappa shape index (κ2) is 7.34. The number of aryl methyl sites for hydroxylation is 1. The summed E-state index contributed by atoms with van der Waals surface area (Å²) in [6.07, 6.45) is 0.857. The molecule has 0 fully saturated rings. The Bertz CT molecular complexity index is 864. The number of rotatable bonds is 5. The van der Waals surface area contributed by atoms with E-state index in [0.717, 1.165) is 16.3 Å². The fraction of sp³-hybridized carbons (Fsp3) is 0.235.